The molecule has 112 valence electrons. The first-order valence-electron chi connectivity index (χ1n) is 6.88. The Bertz CT molecular complexity index is 458. The highest BCUT2D eigenvalue weighted by Crippen LogP contribution is 2.31. The molecule has 1 unspecified atom stereocenters. The van der Waals surface area contributed by atoms with Gasteiger partial charge in [-0.25, -0.2) is 4.79 Å². The van der Waals surface area contributed by atoms with Crippen molar-refractivity contribution < 1.29 is 14.3 Å². The Kier molecular flexibility index (Phi) is 5.19. The smallest absolute Gasteiger partial charge is 0.345 e. The van der Waals surface area contributed by atoms with Crippen molar-refractivity contribution >= 4 is 28.3 Å². The van der Waals surface area contributed by atoms with Crippen molar-refractivity contribution in [3.63, 3.8) is 0 Å². The van der Waals surface area contributed by atoms with Gasteiger partial charge in [-0.15, -0.1) is 0 Å². The summed E-state index contributed by atoms with van der Waals surface area (Å²) >= 11 is 1.22. The summed E-state index contributed by atoms with van der Waals surface area (Å²) in [6, 6.07) is 0. The normalized spacial score (nSPS) is 18.8. The van der Waals surface area contributed by atoms with E-state index in [2.05, 4.69) is 4.37 Å². The minimum Gasteiger partial charge on any atom is -0.462 e. The maximum absolute atomic E-state index is 12.0. The van der Waals surface area contributed by atoms with Crippen LogP contribution >= 0.6 is 11.5 Å². The van der Waals surface area contributed by atoms with Crippen molar-refractivity contribution in [2.75, 3.05) is 37.4 Å². The van der Waals surface area contributed by atoms with Crippen LogP contribution in [0.2, 0.25) is 0 Å². The second-order valence-corrected chi connectivity index (χ2v) is 5.59. The summed E-state index contributed by atoms with van der Waals surface area (Å²) in [4.78, 5) is 13.9. The Morgan fingerprint density at radius 2 is 2.40 bits per heavy atom. The average Bonchev–Trinajstić information content (AvgIpc) is 2.82. The zero-order valence-electron chi connectivity index (χ0n) is 11.9. The number of carbonyl (C=O) groups excluding carboxylic acids is 1. The maximum atomic E-state index is 12.0. The van der Waals surface area contributed by atoms with Gasteiger partial charge in [0.05, 0.1) is 12.7 Å². The molecule has 1 aliphatic heterocycles. The van der Waals surface area contributed by atoms with Gasteiger partial charge in [0.1, 0.15) is 10.6 Å². The lowest BCUT2D eigenvalue weighted by atomic mass is 10.1. The van der Waals surface area contributed by atoms with Crippen LogP contribution in [0.3, 0.4) is 0 Å². The van der Waals surface area contributed by atoms with Crippen molar-refractivity contribution in [1.82, 2.24) is 4.37 Å². The number of esters is 1. The Hall–Kier alpha value is -1.34. The molecule has 0 radical (unpaired) electrons. The molecule has 2 rings (SSSR count). The first-order chi connectivity index (χ1) is 9.63. The number of hydrogen-bond acceptors (Lipinski definition) is 7. The highest BCUT2D eigenvalue weighted by molar-refractivity contribution is 7.11. The largest absolute Gasteiger partial charge is 0.462 e. The Morgan fingerprint density at radius 3 is 3.05 bits per heavy atom. The second-order valence-electron chi connectivity index (χ2n) is 4.84. The molecule has 0 bridgehead atoms. The van der Waals surface area contributed by atoms with E-state index in [1.165, 1.54) is 18.0 Å². The third-order valence-corrected chi connectivity index (χ3v) is 4.25. The summed E-state index contributed by atoms with van der Waals surface area (Å²) in [6.07, 6.45) is 3.57. The molecule has 2 N–H and O–H groups in total. The molecule has 1 fully saturated rings. The number of aromatic nitrogens is 1. The van der Waals surface area contributed by atoms with Crippen molar-refractivity contribution in [2.24, 2.45) is 0 Å². The van der Waals surface area contributed by atoms with Crippen LogP contribution in [0.15, 0.2) is 0 Å². The van der Waals surface area contributed by atoms with Gasteiger partial charge in [-0.2, -0.15) is 4.37 Å². The van der Waals surface area contributed by atoms with Gasteiger partial charge in [-0.1, -0.05) is 0 Å². The number of hydrogen-bond donors (Lipinski definition) is 1. The number of carbonyl (C=O) groups is 1. The number of anilines is 2. The van der Waals surface area contributed by atoms with Crippen LogP contribution in [0.1, 0.15) is 36.5 Å². The van der Waals surface area contributed by atoms with Crippen LogP contribution in [0.25, 0.3) is 0 Å². The molecule has 0 spiro atoms. The van der Waals surface area contributed by atoms with Crippen LogP contribution in [-0.2, 0) is 9.47 Å². The Morgan fingerprint density at radius 1 is 1.60 bits per heavy atom. The van der Waals surface area contributed by atoms with Gasteiger partial charge in [0.2, 0.25) is 0 Å². The molecule has 2 heterocycles. The predicted octanol–water partition coefficient (Wildman–Crippen LogP) is 1.91. The zero-order valence-corrected chi connectivity index (χ0v) is 12.7. The average molecular weight is 299 g/mol. The fourth-order valence-corrected chi connectivity index (χ4v) is 3.06. The van der Waals surface area contributed by atoms with Crippen LogP contribution in [0.4, 0.5) is 10.8 Å². The summed E-state index contributed by atoms with van der Waals surface area (Å²) in [5.41, 5.74) is 6.15. The van der Waals surface area contributed by atoms with E-state index in [1.54, 1.807) is 6.92 Å². The summed E-state index contributed by atoms with van der Waals surface area (Å²) in [5, 5.41) is 0.745. The zero-order chi connectivity index (χ0) is 14.5. The summed E-state index contributed by atoms with van der Waals surface area (Å²) in [6.45, 7) is 3.64. The molecule has 0 aliphatic carbocycles. The number of nitrogen functional groups attached to an aromatic ring is 1. The Labute approximate surface area is 123 Å². The fraction of sp³-hybridized carbons (Fsp3) is 0.692. The summed E-state index contributed by atoms with van der Waals surface area (Å²) in [5.74, 6) is -0.176. The highest BCUT2D eigenvalue weighted by atomic mass is 32.1. The molecule has 7 heteroatoms. The molecule has 1 saturated heterocycles. The number of ether oxygens (including phenoxy) is 2. The first kappa shape index (κ1) is 15.1. The van der Waals surface area contributed by atoms with Gasteiger partial charge in [0.15, 0.2) is 5.82 Å². The molecule has 1 atom stereocenters. The lowest BCUT2D eigenvalue weighted by molar-refractivity contribution is 0.0216. The standard InChI is InChI=1S/C13H21N3O3S/c1-3-18-13(17)10-11(14)15-20-12(10)16(2)8-9-6-4-5-7-19-9/h9H,3-8H2,1-2H3,(H2,14,15). The molecular weight excluding hydrogens is 278 g/mol. The van der Waals surface area contributed by atoms with E-state index >= 15 is 0 Å². The molecule has 0 aromatic carbocycles. The minimum absolute atomic E-state index is 0.201. The van der Waals surface area contributed by atoms with E-state index in [4.69, 9.17) is 15.2 Å². The van der Waals surface area contributed by atoms with Gasteiger partial charge in [-0.05, 0) is 37.7 Å². The van der Waals surface area contributed by atoms with E-state index in [-0.39, 0.29) is 11.9 Å². The van der Waals surface area contributed by atoms with Crippen LogP contribution in [-0.4, -0.2) is 43.3 Å². The quantitative estimate of drug-likeness (QED) is 0.837. The molecule has 0 amide bonds. The van der Waals surface area contributed by atoms with Gasteiger partial charge < -0.3 is 20.1 Å². The van der Waals surface area contributed by atoms with E-state index in [0.717, 1.165) is 31.0 Å². The number of rotatable bonds is 5. The molecule has 1 aromatic heterocycles. The molecule has 0 saturated carbocycles. The van der Waals surface area contributed by atoms with E-state index in [9.17, 15) is 4.79 Å². The number of nitrogens with zero attached hydrogens (tertiary/aromatic N) is 2. The molecule has 1 aliphatic rings. The third kappa shape index (κ3) is 3.40. The maximum Gasteiger partial charge on any atom is 0.345 e. The van der Waals surface area contributed by atoms with Crippen molar-refractivity contribution in [1.29, 1.82) is 0 Å². The van der Waals surface area contributed by atoms with Gasteiger partial charge in [0.25, 0.3) is 0 Å². The van der Waals surface area contributed by atoms with Crippen LogP contribution < -0.4 is 10.6 Å². The predicted molar refractivity (Wildman–Crippen MR) is 79.3 cm³/mol. The minimum atomic E-state index is -0.412. The van der Waals surface area contributed by atoms with E-state index in [0.29, 0.717) is 12.2 Å². The van der Waals surface area contributed by atoms with Gasteiger partial charge in [0, 0.05) is 20.2 Å². The van der Waals surface area contributed by atoms with Crippen LogP contribution in [0, 0.1) is 0 Å². The van der Waals surface area contributed by atoms with Gasteiger partial charge >= 0.3 is 5.97 Å². The summed E-state index contributed by atoms with van der Waals surface area (Å²) in [7, 11) is 1.92. The number of likely N-dealkylation sites (N-methyl/N-ethyl adjacent to an activating group) is 1. The van der Waals surface area contributed by atoms with Gasteiger partial charge in [-0.3, -0.25) is 0 Å². The number of nitrogens with two attached hydrogens (primary N) is 1. The summed E-state index contributed by atoms with van der Waals surface area (Å²) < 4.78 is 14.8. The second kappa shape index (κ2) is 6.90. The molecule has 1 aromatic rings. The lowest BCUT2D eigenvalue weighted by Crippen LogP contribution is -2.33. The molecule has 6 nitrogen and oxygen atoms in total. The van der Waals surface area contributed by atoms with Crippen molar-refractivity contribution in [2.45, 2.75) is 32.3 Å². The monoisotopic (exact) mass is 299 g/mol. The molecular formula is C13H21N3O3S. The molecule has 20 heavy (non-hydrogen) atoms. The van der Waals surface area contributed by atoms with E-state index in [1.807, 2.05) is 11.9 Å². The van der Waals surface area contributed by atoms with E-state index < -0.39 is 5.97 Å². The highest BCUT2D eigenvalue weighted by Gasteiger charge is 2.25. The lowest BCUT2D eigenvalue weighted by Gasteiger charge is -2.28. The van der Waals surface area contributed by atoms with Crippen molar-refractivity contribution in [3.8, 4) is 0 Å². The first-order valence-corrected chi connectivity index (χ1v) is 7.65. The topological polar surface area (TPSA) is 77.7 Å². The SMILES string of the molecule is CCOC(=O)c1c(N)nsc1N(C)CC1CCCCO1. The fourth-order valence-electron chi connectivity index (χ4n) is 2.29. The third-order valence-electron chi connectivity index (χ3n) is 3.28. The Balaban J connectivity index is 2.08. The van der Waals surface area contributed by atoms with Crippen LogP contribution in [0.5, 0.6) is 0 Å². The van der Waals surface area contributed by atoms with Crippen molar-refractivity contribution in [3.05, 3.63) is 5.56 Å².